The van der Waals surface area contributed by atoms with Crippen molar-refractivity contribution in [2.45, 2.75) is 19.1 Å². The molecule has 1 N–H and O–H groups in total. The summed E-state index contributed by atoms with van der Waals surface area (Å²) in [6.07, 6.45) is 4.48. The van der Waals surface area contributed by atoms with Crippen LogP contribution < -0.4 is 5.32 Å². The zero-order chi connectivity index (χ0) is 15.5. The van der Waals surface area contributed by atoms with E-state index in [0.717, 1.165) is 12.0 Å². The number of methoxy groups -OCH3 is 1. The molecule has 1 aromatic carbocycles. The first kappa shape index (κ1) is 14.6. The van der Waals surface area contributed by atoms with Crippen LogP contribution in [0.25, 0.3) is 0 Å². The summed E-state index contributed by atoms with van der Waals surface area (Å²) in [5.41, 5.74) is 0.926. The largest absolute Gasteiger partial charge is 0.469 e. The van der Waals surface area contributed by atoms with E-state index in [1.54, 1.807) is 0 Å². The molecule has 0 saturated heterocycles. The zero-order valence-electron chi connectivity index (χ0n) is 12.4. The van der Waals surface area contributed by atoms with E-state index in [9.17, 15) is 9.59 Å². The second kappa shape index (κ2) is 6.22. The van der Waals surface area contributed by atoms with Crippen molar-refractivity contribution in [3.05, 3.63) is 48.0 Å². The molecular weight excluding hydrogens is 282 g/mol. The first-order chi connectivity index (χ1) is 10.7. The lowest BCUT2D eigenvalue weighted by Crippen LogP contribution is -2.46. The minimum atomic E-state index is -0.497. The highest BCUT2D eigenvalue weighted by Gasteiger charge is 2.49. The number of fused-ring (bicyclic) bond motifs is 2. The third-order valence-electron chi connectivity index (χ3n) is 4.43. The van der Waals surface area contributed by atoms with Gasteiger partial charge in [0.05, 0.1) is 19.1 Å². The summed E-state index contributed by atoms with van der Waals surface area (Å²) in [5, 5.41) is 2.83. The van der Waals surface area contributed by atoms with Crippen LogP contribution in [0.2, 0.25) is 0 Å². The number of hydrogen-bond donors (Lipinski definition) is 1. The Labute approximate surface area is 129 Å². The van der Waals surface area contributed by atoms with Crippen LogP contribution in [0, 0.1) is 17.8 Å². The van der Waals surface area contributed by atoms with Crippen molar-refractivity contribution < 1.29 is 19.1 Å². The molecule has 0 heterocycles. The van der Waals surface area contributed by atoms with Crippen LogP contribution in [0.5, 0.6) is 0 Å². The number of amides is 1. The van der Waals surface area contributed by atoms with Crippen molar-refractivity contribution in [1.29, 1.82) is 0 Å². The lowest BCUT2D eigenvalue weighted by molar-refractivity contribution is -0.147. The molecule has 0 aliphatic heterocycles. The first-order valence-electron chi connectivity index (χ1n) is 7.42. The third-order valence-corrected chi connectivity index (χ3v) is 4.43. The van der Waals surface area contributed by atoms with E-state index in [-0.39, 0.29) is 36.4 Å². The van der Waals surface area contributed by atoms with Gasteiger partial charge in [0.2, 0.25) is 0 Å². The highest BCUT2D eigenvalue weighted by Crippen LogP contribution is 2.44. The fraction of sp³-hybridized carbons (Fsp3) is 0.412. The molecule has 1 fully saturated rings. The summed E-state index contributed by atoms with van der Waals surface area (Å²) in [7, 11) is 1.38. The number of nitrogens with one attached hydrogen (secondary N) is 1. The van der Waals surface area contributed by atoms with Crippen molar-refractivity contribution in [1.82, 2.24) is 5.32 Å². The Kier molecular flexibility index (Phi) is 4.13. The monoisotopic (exact) mass is 301 g/mol. The maximum atomic E-state index is 12.0. The number of allylic oxidation sites excluding steroid dienone is 1. The zero-order valence-corrected chi connectivity index (χ0v) is 12.4. The number of hydrogen-bond acceptors (Lipinski definition) is 4. The molecule has 2 aliphatic rings. The third kappa shape index (κ3) is 2.84. The van der Waals surface area contributed by atoms with Crippen molar-refractivity contribution >= 4 is 12.1 Å². The average Bonchev–Trinajstić information content (AvgIpc) is 3.14. The molecule has 2 bridgehead atoms. The predicted molar refractivity (Wildman–Crippen MR) is 79.8 cm³/mol. The Morgan fingerprint density at radius 1 is 1.18 bits per heavy atom. The highest BCUT2D eigenvalue weighted by atomic mass is 16.5. The minimum absolute atomic E-state index is 0.150. The number of carbonyl (C=O) groups excluding carboxylic acids is 2. The topological polar surface area (TPSA) is 64.6 Å². The predicted octanol–water partition coefficient (Wildman–Crippen LogP) is 2.28. The fourth-order valence-corrected chi connectivity index (χ4v) is 3.38. The molecule has 2 aliphatic carbocycles. The van der Waals surface area contributed by atoms with Gasteiger partial charge in [0.1, 0.15) is 6.61 Å². The van der Waals surface area contributed by atoms with Crippen LogP contribution in [0.4, 0.5) is 4.79 Å². The van der Waals surface area contributed by atoms with Crippen LogP contribution in [-0.2, 0) is 20.9 Å². The maximum absolute atomic E-state index is 12.0. The summed E-state index contributed by atoms with van der Waals surface area (Å²) in [5.74, 6) is -0.260. The van der Waals surface area contributed by atoms with Crippen LogP contribution >= 0.6 is 0 Å². The molecule has 0 radical (unpaired) electrons. The van der Waals surface area contributed by atoms with Gasteiger partial charge in [-0.15, -0.1) is 0 Å². The number of alkyl carbamates (subject to hydrolysis) is 1. The molecule has 22 heavy (non-hydrogen) atoms. The average molecular weight is 301 g/mol. The van der Waals surface area contributed by atoms with E-state index in [2.05, 4.69) is 11.4 Å². The molecule has 4 unspecified atom stereocenters. The molecule has 1 aromatic rings. The van der Waals surface area contributed by atoms with Crippen LogP contribution in [0.15, 0.2) is 42.5 Å². The Balaban J connectivity index is 1.58. The van der Waals surface area contributed by atoms with Crippen molar-refractivity contribution in [3.63, 3.8) is 0 Å². The van der Waals surface area contributed by atoms with Crippen LogP contribution in [0.3, 0.4) is 0 Å². The molecule has 4 atom stereocenters. The Hall–Kier alpha value is -2.30. The number of esters is 1. The number of benzene rings is 1. The Bertz CT molecular complexity index is 584. The molecule has 3 rings (SSSR count). The van der Waals surface area contributed by atoms with Gasteiger partial charge in [-0.05, 0) is 23.8 Å². The standard InChI is InChI=1S/C17H19NO4/c1-21-16(19)14-12-7-8-13(9-12)15(14)18-17(20)22-10-11-5-3-2-4-6-11/h2-8,12-15H,9-10H2,1H3,(H,18,20). The number of rotatable bonds is 4. The molecular formula is C17H19NO4. The van der Waals surface area contributed by atoms with E-state index in [1.807, 2.05) is 36.4 Å². The van der Waals surface area contributed by atoms with Gasteiger partial charge in [-0.1, -0.05) is 42.5 Å². The molecule has 1 saturated carbocycles. The van der Waals surface area contributed by atoms with Crippen LogP contribution in [-0.4, -0.2) is 25.2 Å². The maximum Gasteiger partial charge on any atom is 0.407 e. The van der Waals surface area contributed by atoms with Gasteiger partial charge >= 0.3 is 12.1 Å². The number of carbonyl (C=O) groups is 2. The molecule has 0 spiro atoms. The summed E-state index contributed by atoms with van der Waals surface area (Å²) < 4.78 is 10.1. The quantitative estimate of drug-likeness (QED) is 0.684. The second-order valence-electron chi connectivity index (χ2n) is 5.73. The SMILES string of the molecule is COC(=O)C1C2C=CC(C2)C1NC(=O)OCc1ccccc1. The van der Waals surface area contributed by atoms with Gasteiger partial charge in [0.15, 0.2) is 0 Å². The van der Waals surface area contributed by atoms with Gasteiger partial charge in [-0.2, -0.15) is 0 Å². The van der Waals surface area contributed by atoms with Gasteiger partial charge in [0, 0.05) is 0 Å². The summed E-state index contributed by atoms with van der Waals surface area (Å²) in [4.78, 5) is 23.9. The summed E-state index contributed by atoms with van der Waals surface area (Å²) >= 11 is 0. The fourth-order valence-electron chi connectivity index (χ4n) is 3.38. The molecule has 0 aromatic heterocycles. The van der Waals surface area contributed by atoms with E-state index in [0.29, 0.717) is 0 Å². The highest BCUT2D eigenvalue weighted by molar-refractivity contribution is 5.77. The Morgan fingerprint density at radius 2 is 1.91 bits per heavy atom. The molecule has 116 valence electrons. The van der Waals surface area contributed by atoms with E-state index >= 15 is 0 Å². The lowest BCUT2D eigenvalue weighted by Gasteiger charge is -2.26. The van der Waals surface area contributed by atoms with Crippen LogP contribution in [0.1, 0.15) is 12.0 Å². The summed E-state index contributed by atoms with van der Waals surface area (Å²) in [6, 6.07) is 9.24. The van der Waals surface area contributed by atoms with E-state index in [4.69, 9.17) is 9.47 Å². The van der Waals surface area contributed by atoms with Gasteiger partial charge < -0.3 is 14.8 Å². The summed E-state index contributed by atoms with van der Waals surface area (Å²) in [6.45, 7) is 0.215. The van der Waals surface area contributed by atoms with Gasteiger partial charge in [-0.25, -0.2) is 4.79 Å². The van der Waals surface area contributed by atoms with Gasteiger partial charge in [-0.3, -0.25) is 4.79 Å². The van der Waals surface area contributed by atoms with Crippen molar-refractivity contribution in [2.24, 2.45) is 17.8 Å². The second-order valence-corrected chi connectivity index (χ2v) is 5.73. The Morgan fingerprint density at radius 3 is 2.64 bits per heavy atom. The van der Waals surface area contributed by atoms with E-state index < -0.39 is 6.09 Å². The molecule has 5 nitrogen and oxygen atoms in total. The molecule has 5 heteroatoms. The van der Waals surface area contributed by atoms with Gasteiger partial charge in [0.25, 0.3) is 0 Å². The smallest absolute Gasteiger partial charge is 0.407 e. The number of ether oxygens (including phenoxy) is 2. The van der Waals surface area contributed by atoms with Crippen molar-refractivity contribution in [3.8, 4) is 0 Å². The minimum Gasteiger partial charge on any atom is -0.469 e. The van der Waals surface area contributed by atoms with E-state index in [1.165, 1.54) is 7.11 Å². The van der Waals surface area contributed by atoms with Crippen molar-refractivity contribution in [2.75, 3.05) is 7.11 Å². The normalized spacial score (nSPS) is 28.4. The first-order valence-corrected chi connectivity index (χ1v) is 7.42. The lowest BCUT2D eigenvalue weighted by atomic mass is 9.89. The molecule has 1 amide bonds.